The lowest BCUT2D eigenvalue weighted by molar-refractivity contribution is -0.384. The smallest absolute Gasteiger partial charge is 0.270 e. The molecule has 6 nitrogen and oxygen atoms in total. The van der Waals surface area contributed by atoms with Gasteiger partial charge in [0.25, 0.3) is 11.6 Å². The van der Waals surface area contributed by atoms with Crippen molar-refractivity contribution >= 4 is 59.7 Å². The van der Waals surface area contributed by atoms with E-state index in [4.69, 9.17) is 4.98 Å². The van der Waals surface area contributed by atoms with Crippen molar-refractivity contribution in [1.29, 1.82) is 0 Å². The number of amides is 1. The van der Waals surface area contributed by atoms with Crippen LogP contribution in [0.25, 0.3) is 20.3 Å². The van der Waals surface area contributed by atoms with Gasteiger partial charge in [-0.2, -0.15) is 0 Å². The zero-order valence-corrected chi connectivity index (χ0v) is 19.6. The normalized spacial score (nSPS) is 11.2. The monoisotopic (exact) mass is 473 g/mol. The fourth-order valence-electron chi connectivity index (χ4n) is 3.85. The summed E-state index contributed by atoms with van der Waals surface area (Å²) in [7, 11) is 0. The second kappa shape index (κ2) is 8.38. The van der Waals surface area contributed by atoms with Crippen LogP contribution in [-0.2, 0) is 6.54 Å². The molecule has 2 heterocycles. The Morgan fingerprint density at radius 1 is 1.00 bits per heavy atom. The molecule has 2 aromatic heterocycles. The minimum atomic E-state index is -0.425. The third kappa shape index (κ3) is 4.10. The summed E-state index contributed by atoms with van der Waals surface area (Å²) in [6.45, 7) is 4.46. The van der Waals surface area contributed by atoms with Crippen molar-refractivity contribution in [1.82, 2.24) is 4.98 Å². The predicted octanol–water partition coefficient (Wildman–Crippen LogP) is 6.88. The average Bonchev–Trinajstić information content (AvgIpc) is 3.41. The maximum Gasteiger partial charge on any atom is 0.270 e. The fourth-order valence-corrected chi connectivity index (χ4v) is 5.98. The second-order valence-corrected chi connectivity index (χ2v) is 9.98. The molecule has 0 saturated heterocycles. The third-order valence-electron chi connectivity index (χ3n) is 5.40. The number of thiophene rings is 1. The van der Waals surface area contributed by atoms with Crippen molar-refractivity contribution in [2.45, 2.75) is 20.4 Å². The van der Waals surface area contributed by atoms with Gasteiger partial charge in [0.05, 0.1) is 26.6 Å². The van der Waals surface area contributed by atoms with Gasteiger partial charge in [-0.15, -0.1) is 11.3 Å². The number of non-ortho nitro benzene ring substituents is 1. The molecule has 0 spiro atoms. The summed E-state index contributed by atoms with van der Waals surface area (Å²) < 4.78 is 1.87. The summed E-state index contributed by atoms with van der Waals surface area (Å²) in [5, 5.41) is 12.5. The fraction of sp³-hybridized carbons (Fsp3) is 0.120. The van der Waals surface area contributed by atoms with Crippen molar-refractivity contribution in [3.8, 4) is 0 Å². The van der Waals surface area contributed by atoms with Gasteiger partial charge in [0.2, 0.25) is 0 Å². The maximum absolute atomic E-state index is 13.7. The summed E-state index contributed by atoms with van der Waals surface area (Å²) in [5.41, 5.74) is 4.14. The van der Waals surface area contributed by atoms with E-state index in [0.717, 1.165) is 31.6 Å². The van der Waals surface area contributed by atoms with Gasteiger partial charge in [-0.05, 0) is 48.7 Å². The predicted molar refractivity (Wildman–Crippen MR) is 135 cm³/mol. The number of nitro groups is 1. The third-order valence-corrected chi connectivity index (χ3v) is 7.53. The summed E-state index contributed by atoms with van der Waals surface area (Å²) >= 11 is 2.83. The number of hydrogen-bond acceptors (Lipinski definition) is 6. The van der Waals surface area contributed by atoms with Crippen LogP contribution in [0, 0.1) is 24.0 Å². The first-order valence-corrected chi connectivity index (χ1v) is 11.9. The van der Waals surface area contributed by atoms with E-state index in [1.807, 2.05) is 37.3 Å². The summed E-state index contributed by atoms with van der Waals surface area (Å²) in [4.78, 5) is 31.5. The minimum Gasteiger partial charge on any atom is -0.279 e. The Balaban J connectivity index is 1.59. The molecule has 0 saturated carbocycles. The lowest BCUT2D eigenvalue weighted by Crippen LogP contribution is -2.29. The van der Waals surface area contributed by atoms with E-state index in [-0.39, 0.29) is 11.6 Å². The number of benzene rings is 3. The number of anilines is 1. The van der Waals surface area contributed by atoms with Crippen LogP contribution in [0.15, 0.2) is 66.7 Å². The Morgan fingerprint density at radius 2 is 1.79 bits per heavy atom. The standard InChI is InChI=1S/C25H19N3O3S2/c1-15-10-16(2)23-21(11-15)33-25(26-23)27(14-17-6-4-3-5-7-17)24(29)22-13-18-12-19(28(30)31)8-9-20(18)32-22/h3-13H,14H2,1-2H3. The van der Waals surface area contributed by atoms with Crippen LogP contribution in [0.2, 0.25) is 0 Å². The Hall–Kier alpha value is -3.62. The number of hydrogen-bond donors (Lipinski definition) is 0. The number of rotatable bonds is 5. The quantitative estimate of drug-likeness (QED) is 0.206. The van der Waals surface area contributed by atoms with Gasteiger partial charge in [0.1, 0.15) is 0 Å². The molecular formula is C25H19N3O3S2. The molecule has 3 aromatic carbocycles. The van der Waals surface area contributed by atoms with E-state index in [9.17, 15) is 14.9 Å². The van der Waals surface area contributed by atoms with Gasteiger partial charge in [0, 0.05) is 22.2 Å². The molecule has 5 aromatic rings. The largest absolute Gasteiger partial charge is 0.279 e. The molecular weight excluding hydrogens is 454 g/mol. The molecule has 0 N–H and O–H groups in total. The van der Waals surface area contributed by atoms with Crippen LogP contribution in [0.3, 0.4) is 0 Å². The van der Waals surface area contributed by atoms with Gasteiger partial charge in [0.15, 0.2) is 5.13 Å². The molecule has 33 heavy (non-hydrogen) atoms. The zero-order valence-electron chi connectivity index (χ0n) is 17.9. The lowest BCUT2D eigenvalue weighted by Gasteiger charge is -2.19. The SMILES string of the molecule is Cc1cc(C)c2nc(N(Cc3ccccc3)C(=O)c3cc4cc([N+](=O)[O-])ccc4s3)sc2c1. The summed E-state index contributed by atoms with van der Waals surface area (Å²) in [5.74, 6) is -0.170. The number of carbonyl (C=O) groups is 1. The number of nitrogens with zero attached hydrogens (tertiary/aromatic N) is 3. The first kappa shape index (κ1) is 21.2. The highest BCUT2D eigenvalue weighted by molar-refractivity contribution is 7.23. The van der Waals surface area contributed by atoms with Crippen molar-refractivity contribution in [3.05, 3.63) is 98.4 Å². The van der Waals surface area contributed by atoms with Gasteiger partial charge in [-0.1, -0.05) is 47.7 Å². The topological polar surface area (TPSA) is 76.3 Å². The molecule has 5 rings (SSSR count). The van der Waals surface area contributed by atoms with E-state index >= 15 is 0 Å². The highest BCUT2D eigenvalue weighted by atomic mass is 32.1. The first-order valence-electron chi connectivity index (χ1n) is 10.3. The van der Waals surface area contributed by atoms with Gasteiger partial charge >= 0.3 is 0 Å². The van der Waals surface area contributed by atoms with Gasteiger partial charge in [-0.3, -0.25) is 19.8 Å². The molecule has 0 aliphatic heterocycles. The summed E-state index contributed by atoms with van der Waals surface area (Å²) in [6, 6.07) is 20.4. The van der Waals surface area contributed by atoms with Crippen molar-refractivity contribution in [2.24, 2.45) is 0 Å². The average molecular weight is 474 g/mol. The van der Waals surface area contributed by atoms with Crippen LogP contribution >= 0.6 is 22.7 Å². The molecule has 0 radical (unpaired) electrons. The molecule has 0 aliphatic rings. The number of nitro benzene ring substituents is 1. The minimum absolute atomic E-state index is 0.0115. The molecule has 0 atom stereocenters. The Morgan fingerprint density at radius 3 is 2.55 bits per heavy atom. The van der Waals surface area contributed by atoms with E-state index in [1.165, 1.54) is 34.8 Å². The number of fused-ring (bicyclic) bond motifs is 2. The highest BCUT2D eigenvalue weighted by Crippen LogP contribution is 2.35. The van der Waals surface area contributed by atoms with Gasteiger partial charge in [-0.25, -0.2) is 4.98 Å². The molecule has 164 valence electrons. The van der Waals surface area contributed by atoms with Gasteiger partial charge < -0.3 is 0 Å². The highest BCUT2D eigenvalue weighted by Gasteiger charge is 2.24. The second-order valence-electron chi connectivity index (χ2n) is 7.89. The number of aromatic nitrogens is 1. The molecule has 0 fully saturated rings. The Labute approximate surface area is 197 Å². The molecule has 0 aliphatic carbocycles. The van der Waals surface area contributed by atoms with Crippen LogP contribution in [0.4, 0.5) is 10.8 Å². The molecule has 0 bridgehead atoms. The van der Waals surface area contributed by atoms with Crippen molar-refractivity contribution in [3.63, 3.8) is 0 Å². The number of aryl methyl sites for hydroxylation is 2. The van der Waals surface area contributed by atoms with E-state index < -0.39 is 4.92 Å². The first-order chi connectivity index (χ1) is 15.9. The van der Waals surface area contributed by atoms with Crippen LogP contribution in [0.5, 0.6) is 0 Å². The molecule has 8 heteroatoms. The van der Waals surface area contributed by atoms with Crippen LogP contribution in [-0.4, -0.2) is 15.8 Å². The molecule has 1 amide bonds. The number of carbonyl (C=O) groups excluding carboxylic acids is 1. The van der Waals surface area contributed by atoms with E-state index in [1.54, 1.807) is 17.0 Å². The lowest BCUT2D eigenvalue weighted by atomic mass is 10.1. The van der Waals surface area contributed by atoms with Crippen LogP contribution < -0.4 is 4.90 Å². The summed E-state index contributed by atoms with van der Waals surface area (Å²) in [6.07, 6.45) is 0. The van der Waals surface area contributed by atoms with Crippen molar-refractivity contribution in [2.75, 3.05) is 4.90 Å². The van der Waals surface area contributed by atoms with Crippen LogP contribution in [0.1, 0.15) is 26.4 Å². The van der Waals surface area contributed by atoms with E-state index in [2.05, 4.69) is 19.1 Å². The molecule has 0 unspecified atom stereocenters. The maximum atomic E-state index is 13.7. The zero-order chi connectivity index (χ0) is 23.1. The van der Waals surface area contributed by atoms with Crippen molar-refractivity contribution < 1.29 is 9.72 Å². The number of thiazole rings is 1. The Bertz CT molecular complexity index is 1520. The Kier molecular flexibility index (Phi) is 5.39. The van der Waals surface area contributed by atoms with E-state index in [0.29, 0.717) is 21.9 Å².